The van der Waals surface area contributed by atoms with Gasteiger partial charge in [-0.15, -0.1) is 5.06 Å². The molecule has 0 saturated carbocycles. The van der Waals surface area contributed by atoms with Crippen LogP contribution in [-0.2, 0) is 19.2 Å². The first-order valence-corrected chi connectivity index (χ1v) is 3.42. The molecule has 2 atom stereocenters. The molecular weight excluding hydrogens is 162 g/mol. The van der Waals surface area contributed by atoms with E-state index in [0.29, 0.717) is 0 Å². The second kappa shape index (κ2) is 3.34. The summed E-state index contributed by atoms with van der Waals surface area (Å²) < 4.78 is 14.2. The third-order valence-electron chi connectivity index (χ3n) is 1.25. The van der Waals surface area contributed by atoms with Gasteiger partial charge in [0, 0.05) is 22.0 Å². The predicted octanol–water partition coefficient (Wildman–Crippen LogP) is 0.00360. The lowest BCUT2D eigenvalue weighted by Crippen LogP contribution is -2.31. The van der Waals surface area contributed by atoms with E-state index in [0.717, 1.165) is 0 Å². The van der Waals surface area contributed by atoms with Gasteiger partial charge in [-0.25, -0.2) is 4.79 Å². The van der Waals surface area contributed by atoms with E-state index in [2.05, 4.69) is 4.84 Å². The highest BCUT2D eigenvalue weighted by molar-refractivity contribution is 6.01. The van der Waals surface area contributed by atoms with E-state index in [1.807, 2.05) is 0 Å². The highest BCUT2D eigenvalue weighted by Gasteiger charge is 2.32. The van der Waals surface area contributed by atoms with Crippen molar-refractivity contribution in [2.45, 2.75) is 26.1 Å². The Bertz CT molecular complexity index is 273. The molecule has 1 aliphatic heterocycles. The van der Waals surface area contributed by atoms with Crippen LogP contribution < -0.4 is 0 Å². The fraction of sp³-hybridized carbons (Fsp3) is 0.571. The molecule has 1 aliphatic rings. The van der Waals surface area contributed by atoms with Crippen molar-refractivity contribution in [2.24, 2.45) is 0 Å². The molecular formula is C7H9NO4. The predicted molar refractivity (Wildman–Crippen MR) is 37.5 cm³/mol. The Kier molecular flexibility index (Phi) is 1.71. The molecule has 0 radical (unpaired) electrons. The van der Waals surface area contributed by atoms with Gasteiger partial charge in [-0.05, 0) is 0 Å². The minimum absolute atomic E-state index is 0.0163. The van der Waals surface area contributed by atoms with Gasteiger partial charge in [-0.1, -0.05) is 6.92 Å². The number of carbonyl (C=O) groups is 3. The molecule has 0 aromatic carbocycles. The van der Waals surface area contributed by atoms with Crippen LogP contribution in [0.4, 0.5) is 0 Å². The van der Waals surface area contributed by atoms with Crippen molar-refractivity contribution in [3.05, 3.63) is 0 Å². The highest BCUT2D eigenvalue weighted by atomic mass is 16.7. The Hall–Kier alpha value is -1.39. The summed E-state index contributed by atoms with van der Waals surface area (Å²) in [7, 11) is 0. The highest BCUT2D eigenvalue weighted by Crippen LogP contribution is 2.12. The van der Waals surface area contributed by atoms with Crippen molar-refractivity contribution >= 4 is 17.8 Å². The summed E-state index contributed by atoms with van der Waals surface area (Å²) in [5, 5.41) is 0.209. The molecule has 0 N–H and O–H groups in total. The standard InChI is InChI=1S/C7H9NO4/c1-2-7(11)12-8-5(9)3-4-6(8)10/h2-4H2,1H3/i3T,4T. The van der Waals surface area contributed by atoms with E-state index in [4.69, 9.17) is 2.74 Å². The SMILES string of the molecule is [3H]C1C(=O)N(OC(=O)CC)C(=O)C1[3H]. The minimum atomic E-state index is -1.49. The van der Waals surface area contributed by atoms with Crippen molar-refractivity contribution in [3.63, 3.8) is 0 Å². The zero-order chi connectivity index (χ0) is 10.9. The van der Waals surface area contributed by atoms with Gasteiger partial charge in [0.15, 0.2) is 0 Å². The number of imide groups is 1. The maximum Gasteiger partial charge on any atom is 0.332 e. The normalized spacial score (nSPS) is 31.6. The van der Waals surface area contributed by atoms with Gasteiger partial charge >= 0.3 is 5.97 Å². The summed E-state index contributed by atoms with van der Waals surface area (Å²) >= 11 is 0. The van der Waals surface area contributed by atoms with E-state index in [-0.39, 0.29) is 11.5 Å². The lowest BCUT2D eigenvalue weighted by Gasteiger charge is -2.10. The van der Waals surface area contributed by atoms with Gasteiger partial charge < -0.3 is 4.84 Å². The van der Waals surface area contributed by atoms with E-state index < -0.39 is 30.6 Å². The molecule has 1 heterocycles. The van der Waals surface area contributed by atoms with Crippen LogP contribution in [0, 0.1) is 0 Å². The first-order chi connectivity index (χ1) is 6.49. The molecule has 0 aromatic rings. The first-order valence-electron chi connectivity index (χ1n) is 4.57. The van der Waals surface area contributed by atoms with Crippen LogP contribution in [0.3, 0.4) is 0 Å². The van der Waals surface area contributed by atoms with Crippen LogP contribution in [0.15, 0.2) is 0 Å². The smallest absolute Gasteiger partial charge is 0.330 e. The monoisotopic (exact) mass is 175 g/mol. The van der Waals surface area contributed by atoms with Crippen molar-refractivity contribution < 1.29 is 22.0 Å². The largest absolute Gasteiger partial charge is 0.332 e. The summed E-state index contributed by atoms with van der Waals surface area (Å²) in [5.74, 6) is -2.67. The Morgan fingerprint density at radius 2 is 2.08 bits per heavy atom. The van der Waals surface area contributed by atoms with Gasteiger partial charge in [0.1, 0.15) is 0 Å². The third-order valence-corrected chi connectivity index (χ3v) is 1.25. The number of amides is 2. The minimum Gasteiger partial charge on any atom is -0.330 e. The molecule has 12 heavy (non-hydrogen) atoms. The van der Waals surface area contributed by atoms with Crippen LogP contribution in [0.1, 0.15) is 28.9 Å². The zero-order valence-corrected chi connectivity index (χ0v) is 6.44. The molecule has 5 nitrogen and oxygen atoms in total. The van der Waals surface area contributed by atoms with Crippen molar-refractivity contribution in [1.82, 2.24) is 5.06 Å². The average molecular weight is 175 g/mol. The summed E-state index contributed by atoms with van der Waals surface area (Å²) in [6, 6.07) is 0. The number of hydrogen-bond donors (Lipinski definition) is 0. The number of carbonyl (C=O) groups excluding carboxylic acids is 3. The first kappa shape index (κ1) is 6.16. The Labute approximate surface area is 72.0 Å². The van der Waals surface area contributed by atoms with Gasteiger partial charge in [-0.3, -0.25) is 9.59 Å². The molecule has 0 spiro atoms. The maximum absolute atomic E-state index is 11.1. The molecule has 2 unspecified atom stereocenters. The number of hydroxylamine groups is 2. The Morgan fingerprint density at radius 3 is 2.50 bits per heavy atom. The lowest BCUT2D eigenvalue weighted by molar-refractivity contribution is -0.197. The van der Waals surface area contributed by atoms with E-state index in [9.17, 15) is 14.4 Å². The molecule has 66 valence electrons. The fourth-order valence-electron chi connectivity index (χ4n) is 0.643. The number of hydrogen-bond acceptors (Lipinski definition) is 4. The molecule has 1 saturated heterocycles. The number of nitrogens with zero attached hydrogens (tertiary/aromatic N) is 1. The summed E-state index contributed by atoms with van der Waals surface area (Å²) in [6.45, 7) is 1.50. The topological polar surface area (TPSA) is 63.7 Å². The summed E-state index contributed by atoms with van der Waals surface area (Å²) in [4.78, 5) is 37.4. The molecule has 2 amide bonds. The molecule has 1 rings (SSSR count). The van der Waals surface area contributed by atoms with Crippen molar-refractivity contribution in [1.29, 1.82) is 0 Å². The molecule has 1 fully saturated rings. The van der Waals surface area contributed by atoms with Gasteiger partial charge in [0.05, 0.1) is 0 Å². The molecule has 0 bridgehead atoms. The molecule has 0 aromatic heterocycles. The van der Waals surface area contributed by atoms with Crippen LogP contribution >= 0.6 is 0 Å². The second-order valence-corrected chi connectivity index (χ2v) is 2.12. The van der Waals surface area contributed by atoms with E-state index in [1.165, 1.54) is 6.92 Å². The van der Waals surface area contributed by atoms with Gasteiger partial charge in [-0.2, -0.15) is 0 Å². The van der Waals surface area contributed by atoms with E-state index in [1.54, 1.807) is 0 Å². The third kappa shape index (κ3) is 1.61. The maximum atomic E-state index is 11.1. The fourth-order valence-corrected chi connectivity index (χ4v) is 0.643. The number of rotatable bonds is 2. The van der Waals surface area contributed by atoms with Crippen LogP contribution in [-0.4, -0.2) is 22.8 Å². The quantitative estimate of drug-likeness (QED) is 0.554. The second-order valence-electron chi connectivity index (χ2n) is 2.12. The summed E-state index contributed by atoms with van der Waals surface area (Å²) in [5.41, 5.74) is 0. The molecule has 5 heteroatoms. The van der Waals surface area contributed by atoms with Crippen LogP contribution in [0.25, 0.3) is 0 Å². The molecule has 0 aliphatic carbocycles. The van der Waals surface area contributed by atoms with E-state index >= 15 is 0 Å². The summed E-state index contributed by atoms with van der Waals surface area (Å²) in [6.07, 6.45) is -2.97. The van der Waals surface area contributed by atoms with Crippen LogP contribution in [0.2, 0.25) is 0 Å². The average Bonchev–Trinajstić information content (AvgIpc) is 2.35. The van der Waals surface area contributed by atoms with Gasteiger partial charge in [0.2, 0.25) is 0 Å². The lowest BCUT2D eigenvalue weighted by atomic mass is 10.4. The Morgan fingerprint density at radius 1 is 1.58 bits per heavy atom. The Balaban J connectivity index is 2.75. The zero-order valence-electron chi connectivity index (χ0n) is 8.44. The van der Waals surface area contributed by atoms with Crippen molar-refractivity contribution in [3.8, 4) is 0 Å². The van der Waals surface area contributed by atoms with Crippen molar-refractivity contribution in [2.75, 3.05) is 0 Å². The van der Waals surface area contributed by atoms with Gasteiger partial charge in [0.25, 0.3) is 11.8 Å². The van der Waals surface area contributed by atoms with Crippen LogP contribution in [0.5, 0.6) is 0 Å².